The SMILES string of the molecule is CC(C)CC1CC2(c3ccccc3-n3c4ccccc4c4cc(N(c5ccc(-c6ccccc6-c6cccc7oc8ccccc8c67)cc5)c5ccc6c(c5)C(C)(C)c5ccccc5-6)cc2c43)[C@@H](C)C[C@H]1C. The molecule has 352 valence electrons. The second kappa shape index (κ2) is 15.9. The molecule has 14 rings (SSSR count). The minimum Gasteiger partial charge on any atom is -0.456 e. The fraction of sp³-hybridized carbons (Fsp3) is 0.217. The second-order valence-corrected chi connectivity index (χ2v) is 22.5. The number of hydrogen-bond acceptors (Lipinski definition) is 2. The Bertz CT molecular complexity index is 3980. The van der Waals surface area contributed by atoms with Gasteiger partial charge in [0.25, 0.3) is 0 Å². The van der Waals surface area contributed by atoms with Crippen LogP contribution in [0.15, 0.2) is 199 Å². The third kappa shape index (κ3) is 6.16. The van der Waals surface area contributed by atoms with Gasteiger partial charge in [0, 0.05) is 49.4 Å². The molecule has 0 saturated heterocycles. The molecule has 2 aromatic heterocycles. The van der Waals surface area contributed by atoms with Crippen LogP contribution in [0.3, 0.4) is 0 Å². The standard InChI is InChI=1S/C69H60N2O/c1-42(2)36-46-41-69(44(4)37-43(46)3)59-25-13-15-27-63(59)71-62-26-14-10-21-54(62)57-38-49(40-61(69)67(57)71)70(48-34-35-53-52-20-9-12-24-58(52)68(5,6)60(53)39-48)47-32-30-45(31-33-47)50-18-7-8-19-51(50)55-23-17-29-65-66(55)56-22-11-16-28-64(56)72-65/h7-35,38-40,42-44,46H,36-37,41H2,1-6H3/t43-,44+,46?,69?/m1/s1. The number of fused-ring (bicyclic) bond motifs is 13. The molecule has 0 radical (unpaired) electrons. The van der Waals surface area contributed by atoms with E-state index in [0.29, 0.717) is 23.7 Å². The molecule has 1 saturated carbocycles. The van der Waals surface area contributed by atoms with Gasteiger partial charge in [-0.2, -0.15) is 0 Å². The van der Waals surface area contributed by atoms with Gasteiger partial charge in [0.15, 0.2) is 0 Å². The maximum Gasteiger partial charge on any atom is 0.136 e. The zero-order valence-electron chi connectivity index (χ0n) is 42.2. The first-order valence-electron chi connectivity index (χ1n) is 26.4. The van der Waals surface area contributed by atoms with E-state index in [-0.39, 0.29) is 10.8 Å². The van der Waals surface area contributed by atoms with Crippen molar-refractivity contribution in [2.45, 2.75) is 71.6 Å². The predicted molar refractivity (Wildman–Crippen MR) is 302 cm³/mol. The van der Waals surface area contributed by atoms with Crippen molar-refractivity contribution >= 4 is 60.8 Å². The number of hydrogen-bond donors (Lipinski definition) is 0. The first-order chi connectivity index (χ1) is 35.1. The van der Waals surface area contributed by atoms with Gasteiger partial charge in [0.05, 0.1) is 16.7 Å². The Morgan fingerprint density at radius 2 is 1.18 bits per heavy atom. The normalized spacial score (nSPS) is 19.6. The smallest absolute Gasteiger partial charge is 0.136 e. The van der Waals surface area contributed by atoms with Crippen LogP contribution in [0, 0.1) is 23.7 Å². The van der Waals surface area contributed by atoms with Crippen molar-refractivity contribution in [1.82, 2.24) is 4.57 Å². The summed E-state index contributed by atoms with van der Waals surface area (Å²) < 4.78 is 9.01. The van der Waals surface area contributed by atoms with Crippen molar-refractivity contribution in [1.29, 1.82) is 0 Å². The Morgan fingerprint density at radius 1 is 0.542 bits per heavy atom. The van der Waals surface area contributed by atoms with E-state index in [4.69, 9.17) is 4.42 Å². The van der Waals surface area contributed by atoms with E-state index in [1.807, 2.05) is 0 Å². The molecule has 1 aliphatic heterocycles. The summed E-state index contributed by atoms with van der Waals surface area (Å²) in [5, 5.41) is 4.92. The number of aromatic nitrogens is 1. The highest BCUT2D eigenvalue weighted by Gasteiger charge is 2.51. The van der Waals surface area contributed by atoms with E-state index in [1.165, 1.54) is 107 Å². The molecule has 3 nitrogen and oxygen atoms in total. The Kier molecular flexibility index (Phi) is 9.56. The summed E-state index contributed by atoms with van der Waals surface area (Å²) in [6, 6.07) is 73.2. The van der Waals surface area contributed by atoms with Gasteiger partial charge >= 0.3 is 0 Å². The number of anilines is 3. The van der Waals surface area contributed by atoms with Gasteiger partial charge in [-0.15, -0.1) is 0 Å². The van der Waals surface area contributed by atoms with Crippen LogP contribution in [0.25, 0.3) is 82.8 Å². The van der Waals surface area contributed by atoms with Gasteiger partial charge in [0.2, 0.25) is 0 Å². The number of furan rings is 1. The molecule has 11 aromatic rings. The van der Waals surface area contributed by atoms with E-state index in [2.05, 4.69) is 245 Å². The molecule has 3 heterocycles. The summed E-state index contributed by atoms with van der Waals surface area (Å²) >= 11 is 0. The number of benzene rings is 9. The quantitative estimate of drug-likeness (QED) is 0.159. The molecule has 1 fully saturated rings. The number of nitrogens with zero attached hydrogens (tertiary/aromatic N) is 2. The summed E-state index contributed by atoms with van der Waals surface area (Å²) in [5.74, 6) is 2.37. The van der Waals surface area contributed by atoms with Crippen LogP contribution < -0.4 is 4.90 Å². The molecule has 2 unspecified atom stereocenters. The molecule has 0 amide bonds. The second-order valence-electron chi connectivity index (χ2n) is 22.5. The van der Waals surface area contributed by atoms with Crippen LogP contribution >= 0.6 is 0 Å². The van der Waals surface area contributed by atoms with Crippen molar-refractivity contribution in [3.63, 3.8) is 0 Å². The maximum absolute atomic E-state index is 6.40. The molecular formula is C69H60N2O. The van der Waals surface area contributed by atoms with Crippen LogP contribution in [0.2, 0.25) is 0 Å². The van der Waals surface area contributed by atoms with E-state index in [1.54, 1.807) is 0 Å². The van der Waals surface area contributed by atoms with Crippen molar-refractivity contribution in [3.8, 4) is 39.1 Å². The van der Waals surface area contributed by atoms with Crippen LogP contribution in [0.1, 0.15) is 83.1 Å². The summed E-state index contributed by atoms with van der Waals surface area (Å²) in [5.41, 5.74) is 22.1. The van der Waals surface area contributed by atoms with Crippen molar-refractivity contribution < 1.29 is 4.42 Å². The average Bonchev–Trinajstić information content (AvgIpc) is 4.03. The Morgan fingerprint density at radius 3 is 2.00 bits per heavy atom. The molecular weight excluding hydrogens is 873 g/mol. The van der Waals surface area contributed by atoms with Crippen molar-refractivity contribution in [2.75, 3.05) is 4.90 Å². The molecule has 4 atom stereocenters. The molecule has 3 heteroatoms. The molecule has 0 N–H and O–H groups in total. The third-order valence-electron chi connectivity index (χ3n) is 17.7. The largest absolute Gasteiger partial charge is 0.456 e. The fourth-order valence-corrected chi connectivity index (χ4v) is 14.5. The van der Waals surface area contributed by atoms with Gasteiger partial charge in [-0.3, -0.25) is 0 Å². The summed E-state index contributed by atoms with van der Waals surface area (Å²) in [7, 11) is 0. The van der Waals surface area contributed by atoms with E-state index in [9.17, 15) is 0 Å². The van der Waals surface area contributed by atoms with E-state index in [0.717, 1.165) is 34.0 Å². The van der Waals surface area contributed by atoms with Gasteiger partial charge in [-0.25, -0.2) is 0 Å². The predicted octanol–water partition coefficient (Wildman–Crippen LogP) is 19.1. The lowest BCUT2D eigenvalue weighted by molar-refractivity contribution is 0.109. The van der Waals surface area contributed by atoms with E-state index < -0.39 is 0 Å². The molecule has 1 spiro atoms. The lowest BCUT2D eigenvalue weighted by atomic mass is 9.53. The average molecular weight is 933 g/mol. The van der Waals surface area contributed by atoms with Crippen LogP contribution in [0.5, 0.6) is 0 Å². The Labute approximate surface area is 423 Å². The first kappa shape index (κ1) is 43.2. The van der Waals surface area contributed by atoms with Gasteiger partial charge in [-0.05, 0) is 159 Å². The highest BCUT2D eigenvalue weighted by Crippen LogP contribution is 2.60. The fourth-order valence-electron chi connectivity index (χ4n) is 14.5. The first-order valence-corrected chi connectivity index (χ1v) is 26.4. The van der Waals surface area contributed by atoms with Crippen LogP contribution in [0.4, 0.5) is 17.1 Å². The maximum atomic E-state index is 6.40. The van der Waals surface area contributed by atoms with Crippen molar-refractivity contribution in [3.05, 3.63) is 216 Å². The monoisotopic (exact) mass is 932 g/mol. The zero-order chi connectivity index (χ0) is 48.6. The molecule has 0 bridgehead atoms. The molecule has 3 aliphatic rings. The van der Waals surface area contributed by atoms with E-state index >= 15 is 0 Å². The lowest BCUT2D eigenvalue weighted by Gasteiger charge is -2.52. The Hall–Kier alpha value is -7.62. The third-order valence-corrected chi connectivity index (χ3v) is 17.7. The topological polar surface area (TPSA) is 21.3 Å². The Balaban J connectivity index is 1.00. The summed E-state index contributed by atoms with van der Waals surface area (Å²) in [4.78, 5) is 2.57. The highest BCUT2D eigenvalue weighted by atomic mass is 16.3. The number of rotatable bonds is 7. The van der Waals surface area contributed by atoms with Crippen LogP contribution in [-0.2, 0) is 10.8 Å². The highest BCUT2D eigenvalue weighted by molar-refractivity contribution is 6.15. The summed E-state index contributed by atoms with van der Waals surface area (Å²) in [6.07, 6.45) is 3.59. The van der Waals surface area contributed by atoms with Gasteiger partial charge in [0.1, 0.15) is 11.2 Å². The van der Waals surface area contributed by atoms with Crippen molar-refractivity contribution in [2.24, 2.45) is 23.7 Å². The van der Waals surface area contributed by atoms with Gasteiger partial charge < -0.3 is 13.9 Å². The minimum atomic E-state index is -0.161. The molecule has 2 aliphatic carbocycles. The lowest BCUT2D eigenvalue weighted by Crippen LogP contribution is -2.46. The number of para-hydroxylation sites is 3. The summed E-state index contributed by atoms with van der Waals surface area (Å²) in [6.45, 7) is 14.7. The molecule has 72 heavy (non-hydrogen) atoms. The van der Waals surface area contributed by atoms with Gasteiger partial charge in [-0.1, -0.05) is 175 Å². The minimum absolute atomic E-state index is 0.152. The zero-order valence-corrected chi connectivity index (χ0v) is 42.2. The molecule has 9 aromatic carbocycles. The van der Waals surface area contributed by atoms with Crippen LogP contribution in [-0.4, -0.2) is 4.57 Å².